The van der Waals surface area contributed by atoms with Crippen molar-refractivity contribution in [3.8, 4) is 0 Å². The van der Waals surface area contributed by atoms with Crippen LogP contribution in [0.5, 0.6) is 0 Å². The van der Waals surface area contributed by atoms with Gasteiger partial charge < -0.3 is 4.90 Å². The van der Waals surface area contributed by atoms with Crippen molar-refractivity contribution in [2.24, 2.45) is 11.3 Å². The molecule has 1 heterocycles. The first-order valence-corrected chi connectivity index (χ1v) is 5.50. The van der Waals surface area contributed by atoms with E-state index in [1.165, 1.54) is 26.1 Å². The van der Waals surface area contributed by atoms with Gasteiger partial charge in [0.25, 0.3) is 0 Å². The molecule has 0 aliphatic carbocycles. The van der Waals surface area contributed by atoms with Gasteiger partial charge in [0.1, 0.15) is 0 Å². The molecule has 1 rings (SSSR count). The third-order valence-corrected chi connectivity index (χ3v) is 3.44. The van der Waals surface area contributed by atoms with Crippen molar-refractivity contribution in [1.29, 1.82) is 0 Å². The molecule has 2 heteroatoms. The Morgan fingerprint density at radius 2 is 2.17 bits per heavy atom. The van der Waals surface area contributed by atoms with E-state index in [-0.39, 0.29) is 0 Å². The summed E-state index contributed by atoms with van der Waals surface area (Å²) in [7, 11) is 0. The Morgan fingerprint density at radius 1 is 1.50 bits per heavy atom. The van der Waals surface area contributed by atoms with E-state index in [0.717, 1.165) is 11.7 Å². The molecular weight excluding hydrogens is 166 g/mol. The fourth-order valence-electron chi connectivity index (χ4n) is 1.83. The molecule has 1 aliphatic rings. The number of likely N-dealkylation sites (tertiary alicyclic amines) is 1. The minimum atomic E-state index is 0.382. The van der Waals surface area contributed by atoms with Crippen LogP contribution in [-0.4, -0.2) is 30.3 Å². The minimum absolute atomic E-state index is 0.382. The highest BCUT2D eigenvalue weighted by Crippen LogP contribution is 2.23. The predicted octanol–water partition coefficient (Wildman–Crippen LogP) is 2.28. The fraction of sp³-hybridized carbons (Fsp3) is 1.00. The van der Waals surface area contributed by atoms with Crippen molar-refractivity contribution in [3.05, 3.63) is 0 Å². The summed E-state index contributed by atoms with van der Waals surface area (Å²) in [5, 5.41) is 0. The van der Waals surface area contributed by atoms with Gasteiger partial charge >= 0.3 is 0 Å². The summed E-state index contributed by atoms with van der Waals surface area (Å²) >= 11 is 4.37. The second-order valence-corrected chi connectivity index (χ2v) is 5.27. The van der Waals surface area contributed by atoms with E-state index in [9.17, 15) is 0 Å². The van der Waals surface area contributed by atoms with Crippen molar-refractivity contribution in [1.82, 2.24) is 4.90 Å². The molecular formula is C10H21NS. The lowest BCUT2D eigenvalue weighted by molar-refractivity contribution is 0.226. The van der Waals surface area contributed by atoms with Crippen LogP contribution in [0.3, 0.4) is 0 Å². The van der Waals surface area contributed by atoms with Crippen LogP contribution in [-0.2, 0) is 0 Å². The Labute approximate surface area is 81.9 Å². The largest absolute Gasteiger partial charge is 0.302 e. The zero-order valence-corrected chi connectivity index (χ0v) is 9.40. The van der Waals surface area contributed by atoms with Crippen LogP contribution in [0.15, 0.2) is 0 Å². The molecule has 0 bridgehead atoms. The Hall–Kier alpha value is 0.310. The van der Waals surface area contributed by atoms with Gasteiger partial charge in [0.05, 0.1) is 0 Å². The average Bonchev–Trinajstić information content (AvgIpc) is 2.35. The van der Waals surface area contributed by atoms with Gasteiger partial charge in [0.2, 0.25) is 0 Å². The molecule has 72 valence electrons. The van der Waals surface area contributed by atoms with Crippen LogP contribution in [0, 0.1) is 11.3 Å². The summed E-state index contributed by atoms with van der Waals surface area (Å²) in [4.78, 5) is 2.57. The molecule has 0 aromatic rings. The van der Waals surface area contributed by atoms with Crippen LogP contribution < -0.4 is 0 Å². The molecule has 0 saturated carbocycles. The van der Waals surface area contributed by atoms with E-state index in [1.54, 1.807) is 0 Å². The topological polar surface area (TPSA) is 3.24 Å². The molecule has 12 heavy (non-hydrogen) atoms. The lowest BCUT2D eigenvalue weighted by Gasteiger charge is -2.28. The van der Waals surface area contributed by atoms with Crippen molar-refractivity contribution >= 4 is 12.6 Å². The van der Waals surface area contributed by atoms with Crippen molar-refractivity contribution < 1.29 is 0 Å². The normalized spacial score (nSPS) is 26.5. The number of hydrogen-bond acceptors (Lipinski definition) is 2. The van der Waals surface area contributed by atoms with E-state index >= 15 is 0 Å². The summed E-state index contributed by atoms with van der Waals surface area (Å²) in [6, 6.07) is 0. The average molecular weight is 187 g/mol. The van der Waals surface area contributed by atoms with Gasteiger partial charge in [-0.2, -0.15) is 12.6 Å². The zero-order chi connectivity index (χ0) is 9.19. The summed E-state index contributed by atoms with van der Waals surface area (Å²) in [5.74, 6) is 1.89. The Morgan fingerprint density at radius 3 is 2.58 bits per heavy atom. The van der Waals surface area contributed by atoms with E-state index < -0.39 is 0 Å². The number of rotatable bonds is 3. The first kappa shape index (κ1) is 10.4. The minimum Gasteiger partial charge on any atom is -0.302 e. The van der Waals surface area contributed by atoms with Crippen LogP contribution >= 0.6 is 12.6 Å². The highest BCUT2D eigenvalue weighted by molar-refractivity contribution is 7.80. The molecule has 0 amide bonds. The molecule has 0 spiro atoms. The highest BCUT2D eigenvalue weighted by atomic mass is 32.1. The number of thiol groups is 1. The van der Waals surface area contributed by atoms with Crippen LogP contribution in [0.1, 0.15) is 27.2 Å². The molecule has 1 fully saturated rings. The zero-order valence-electron chi connectivity index (χ0n) is 8.51. The summed E-state index contributed by atoms with van der Waals surface area (Å²) in [5.41, 5.74) is 0.382. The van der Waals surface area contributed by atoms with Crippen molar-refractivity contribution in [2.45, 2.75) is 27.2 Å². The van der Waals surface area contributed by atoms with Gasteiger partial charge in [-0.05, 0) is 30.1 Å². The lowest BCUT2D eigenvalue weighted by atomic mass is 9.96. The monoisotopic (exact) mass is 187 g/mol. The van der Waals surface area contributed by atoms with Crippen molar-refractivity contribution in [2.75, 3.05) is 25.4 Å². The summed E-state index contributed by atoms with van der Waals surface area (Å²) < 4.78 is 0. The molecule has 1 atom stereocenters. The molecule has 1 nitrogen and oxygen atoms in total. The highest BCUT2D eigenvalue weighted by Gasteiger charge is 2.25. The molecule has 0 aromatic carbocycles. The summed E-state index contributed by atoms with van der Waals surface area (Å²) in [6.45, 7) is 10.7. The standard InChI is InChI=1S/C10H21NS/c1-9-4-5-11(6-9)7-10(2,3)8-12/h9,12H,4-8H2,1-3H3. The maximum absolute atomic E-state index is 4.37. The van der Waals surface area contributed by atoms with Gasteiger partial charge in [-0.25, -0.2) is 0 Å². The lowest BCUT2D eigenvalue weighted by Crippen LogP contribution is -2.33. The maximum Gasteiger partial charge on any atom is 0.00406 e. The fourth-order valence-corrected chi connectivity index (χ4v) is 1.93. The number of nitrogens with zero attached hydrogens (tertiary/aromatic N) is 1. The maximum atomic E-state index is 4.37. The quantitative estimate of drug-likeness (QED) is 0.663. The predicted molar refractivity (Wildman–Crippen MR) is 57.9 cm³/mol. The van der Waals surface area contributed by atoms with Crippen LogP contribution in [0.25, 0.3) is 0 Å². The van der Waals surface area contributed by atoms with Crippen LogP contribution in [0.4, 0.5) is 0 Å². The molecule has 0 N–H and O–H groups in total. The van der Waals surface area contributed by atoms with E-state index in [1.807, 2.05) is 0 Å². The Balaban J connectivity index is 2.32. The Kier molecular flexibility index (Phi) is 3.47. The van der Waals surface area contributed by atoms with E-state index in [4.69, 9.17) is 0 Å². The van der Waals surface area contributed by atoms with E-state index in [0.29, 0.717) is 5.41 Å². The second-order valence-electron chi connectivity index (χ2n) is 4.95. The van der Waals surface area contributed by atoms with Gasteiger partial charge in [0.15, 0.2) is 0 Å². The molecule has 1 unspecified atom stereocenters. The van der Waals surface area contributed by atoms with Crippen molar-refractivity contribution in [3.63, 3.8) is 0 Å². The molecule has 1 aliphatic heterocycles. The molecule has 0 aromatic heterocycles. The Bertz CT molecular complexity index is 145. The summed E-state index contributed by atoms with van der Waals surface area (Å²) in [6.07, 6.45) is 1.38. The third-order valence-electron chi connectivity index (χ3n) is 2.59. The van der Waals surface area contributed by atoms with Crippen LogP contribution in [0.2, 0.25) is 0 Å². The van der Waals surface area contributed by atoms with Gasteiger partial charge in [0, 0.05) is 13.1 Å². The van der Waals surface area contributed by atoms with Gasteiger partial charge in [-0.15, -0.1) is 0 Å². The SMILES string of the molecule is CC1CCN(CC(C)(C)CS)C1. The molecule has 1 saturated heterocycles. The second kappa shape index (κ2) is 4.01. The van der Waals surface area contributed by atoms with Gasteiger partial charge in [-0.3, -0.25) is 0 Å². The third kappa shape index (κ3) is 2.98. The number of hydrogen-bond donors (Lipinski definition) is 1. The molecule has 0 radical (unpaired) electrons. The first-order chi connectivity index (χ1) is 5.53. The smallest absolute Gasteiger partial charge is 0.00406 e. The first-order valence-electron chi connectivity index (χ1n) is 4.87. The van der Waals surface area contributed by atoms with Gasteiger partial charge in [-0.1, -0.05) is 20.8 Å². The van der Waals surface area contributed by atoms with E-state index in [2.05, 4.69) is 38.3 Å².